The average Bonchev–Trinajstić information content (AvgIpc) is 2.77. The predicted octanol–water partition coefficient (Wildman–Crippen LogP) is 1.73. The van der Waals surface area contributed by atoms with E-state index in [0.29, 0.717) is 0 Å². The van der Waals surface area contributed by atoms with Gasteiger partial charge in [-0.05, 0) is 6.92 Å². The minimum absolute atomic E-state index is 0.731. The minimum Gasteiger partial charge on any atom is -0.361 e. The summed E-state index contributed by atoms with van der Waals surface area (Å²) in [5, 5.41) is 7.15. The van der Waals surface area contributed by atoms with Crippen molar-refractivity contribution >= 4 is 11.3 Å². The van der Waals surface area contributed by atoms with Gasteiger partial charge in [-0.2, -0.15) is 0 Å². The maximum atomic E-state index is 4.95. The van der Waals surface area contributed by atoms with Crippen LogP contribution in [0.5, 0.6) is 0 Å². The SMILES string of the molecule is Cc1cc(CNCc2cncs2)no1. The van der Waals surface area contributed by atoms with E-state index in [4.69, 9.17) is 4.52 Å². The van der Waals surface area contributed by atoms with Crippen LogP contribution >= 0.6 is 11.3 Å². The molecular formula is C9H11N3OS. The number of aryl methyl sites for hydroxylation is 1. The molecule has 0 aliphatic heterocycles. The predicted molar refractivity (Wildman–Crippen MR) is 53.9 cm³/mol. The maximum Gasteiger partial charge on any atom is 0.133 e. The van der Waals surface area contributed by atoms with E-state index in [9.17, 15) is 0 Å². The molecule has 2 aromatic rings. The summed E-state index contributed by atoms with van der Waals surface area (Å²) in [7, 11) is 0. The van der Waals surface area contributed by atoms with Crippen molar-refractivity contribution < 1.29 is 4.52 Å². The van der Waals surface area contributed by atoms with Crippen LogP contribution in [0.4, 0.5) is 0 Å². The molecular weight excluding hydrogens is 198 g/mol. The molecule has 0 atom stereocenters. The lowest BCUT2D eigenvalue weighted by Crippen LogP contribution is -2.11. The lowest BCUT2D eigenvalue weighted by molar-refractivity contribution is 0.388. The first-order chi connectivity index (χ1) is 6.84. The fraction of sp³-hybridized carbons (Fsp3) is 0.333. The number of hydrogen-bond acceptors (Lipinski definition) is 5. The van der Waals surface area contributed by atoms with E-state index in [1.54, 1.807) is 11.3 Å². The van der Waals surface area contributed by atoms with Crippen LogP contribution in [-0.4, -0.2) is 10.1 Å². The molecule has 2 aromatic heterocycles. The van der Waals surface area contributed by atoms with Gasteiger partial charge in [-0.3, -0.25) is 4.98 Å². The highest BCUT2D eigenvalue weighted by molar-refractivity contribution is 7.09. The monoisotopic (exact) mass is 209 g/mol. The Kier molecular flexibility index (Phi) is 2.90. The van der Waals surface area contributed by atoms with Gasteiger partial charge in [-0.15, -0.1) is 11.3 Å². The quantitative estimate of drug-likeness (QED) is 0.833. The van der Waals surface area contributed by atoms with Gasteiger partial charge in [0, 0.05) is 30.2 Å². The molecule has 1 N–H and O–H groups in total. The van der Waals surface area contributed by atoms with Crippen molar-refractivity contribution in [2.75, 3.05) is 0 Å². The Hall–Kier alpha value is -1.20. The normalized spacial score (nSPS) is 10.6. The van der Waals surface area contributed by atoms with Gasteiger partial charge in [-0.25, -0.2) is 0 Å². The lowest BCUT2D eigenvalue weighted by Gasteiger charge is -1.97. The second kappa shape index (κ2) is 4.34. The number of hydrogen-bond donors (Lipinski definition) is 1. The smallest absolute Gasteiger partial charge is 0.133 e. The van der Waals surface area contributed by atoms with Gasteiger partial charge >= 0.3 is 0 Å². The molecule has 0 aromatic carbocycles. The van der Waals surface area contributed by atoms with E-state index in [1.165, 1.54) is 4.88 Å². The van der Waals surface area contributed by atoms with Gasteiger partial charge in [0.1, 0.15) is 5.76 Å². The van der Waals surface area contributed by atoms with Gasteiger partial charge in [-0.1, -0.05) is 5.16 Å². The Balaban J connectivity index is 1.78. The van der Waals surface area contributed by atoms with Gasteiger partial charge in [0.15, 0.2) is 0 Å². The van der Waals surface area contributed by atoms with Crippen LogP contribution in [-0.2, 0) is 13.1 Å². The van der Waals surface area contributed by atoms with Crippen LogP contribution in [0.15, 0.2) is 22.3 Å². The summed E-state index contributed by atoms with van der Waals surface area (Å²) in [6.07, 6.45) is 1.87. The van der Waals surface area contributed by atoms with Crippen molar-refractivity contribution in [1.82, 2.24) is 15.5 Å². The van der Waals surface area contributed by atoms with E-state index in [2.05, 4.69) is 15.5 Å². The molecule has 4 nitrogen and oxygen atoms in total. The number of aromatic nitrogens is 2. The zero-order valence-electron chi connectivity index (χ0n) is 7.86. The molecule has 0 unspecified atom stereocenters. The van der Waals surface area contributed by atoms with Crippen LogP contribution in [0, 0.1) is 6.92 Å². The number of thiazole rings is 1. The highest BCUT2D eigenvalue weighted by atomic mass is 32.1. The van der Waals surface area contributed by atoms with Crippen molar-refractivity contribution in [1.29, 1.82) is 0 Å². The van der Waals surface area contributed by atoms with Crippen molar-refractivity contribution in [2.24, 2.45) is 0 Å². The van der Waals surface area contributed by atoms with E-state index in [1.807, 2.05) is 24.7 Å². The van der Waals surface area contributed by atoms with Crippen LogP contribution in [0.1, 0.15) is 16.3 Å². The van der Waals surface area contributed by atoms with E-state index >= 15 is 0 Å². The molecule has 2 heterocycles. The van der Waals surface area contributed by atoms with E-state index in [-0.39, 0.29) is 0 Å². The molecule has 0 spiro atoms. The highest BCUT2D eigenvalue weighted by Crippen LogP contribution is 2.05. The molecule has 0 aliphatic rings. The Morgan fingerprint density at radius 1 is 1.50 bits per heavy atom. The van der Waals surface area contributed by atoms with Crippen molar-refractivity contribution in [3.63, 3.8) is 0 Å². The standard InChI is InChI=1S/C9H11N3OS/c1-7-2-8(12-13-7)3-10-4-9-5-11-6-14-9/h2,5-6,10H,3-4H2,1H3. The van der Waals surface area contributed by atoms with Gasteiger partial charge in [0.2, 0.25) is 0 Å². The molecule has 0 bridgehead atoms. The lowest BCUT2D eigenvalue weighted by atomic mass is 10.4. The molecule has 0 fully saturated rings. The van der Waals surface area contributed by atoms with E-state index in [0.717, 1.165) is 24.5 Å². The first kappa shape index (κ1) is 9.36. The third-order valence-corrected chi connectivity index (χ3v) is 2.55. The number of nitrogens with zero attached hydrogens (tertiary/aromatic N) is 2. The number of rotatable bonds is 4. The summed E-state index contributed by atoms with van der Waals surface area (Å²) in [4.78, 5) is 5.22. The average molecular weight is 209 g/mol. The minimum atomic E-state index is 0.731. The van der Waals surface area contributed by atoms with Gasteiger partial charge in [0.25, 0.3) is 0 Å². The van der Waals surface area contributed by atoms with Crippen LogP contribution in [0.25, 0.3) is 0 Å². The van der Waals surface area contributed by atoms with Crippen LogP contribution in [0.3, 0.4) is 0 Å². The maximum absolute atomic E-state index is 4.95. The van der Waals surface area contributed by atoms with Crippen molar-refractivity contribution in [3.05, 3.63) is 34.1 Å². The fourth-order valence-corrected chi connectivity index (χ4v) is 1.71. The second-order valence-corrected chi connectivity index (χ2v) is 3.97. The molecule has 0 aliphatic carbocycles. The molecule has 74 valence electrons. The van der Waals surface area contributed by atoms with Gasteiger partial charge < -0.3 is 9.84 Å². The van der Waals surface area contributed by atoms with Gasteiger partial charge in [0.05, 0.1) is 11.2 Å². The Morgan fingerprint density at radius 2 is 2.43 bits per heavy atom. The summed E-state index contributed by atoms with van der Waals surface area (Å²) in [5.41, 5.74) is 2.77. The molecule has 0 radical (unpaired) electrons. The zero-order chi connectivity index (χ0) is 9.80. The van der Waals surface area contributed by atoms with Crippen LogP contribution in [0.2, 0.25) is 0 Å². The van der Waals surface area contributed by atoms with Crippen LogP contribution < -0.4 is 5.32 Å². The molecule has 14 heavy (non-hydrogen) atoms. The summed E-state index contributed by atoms with van der Waals surface area (Å²) in [6, 6.07) is 1.93. The summed E-state index contributed by atoms with van der Waals surface area (Å²) in [6.45, 7) is 3.45. The summed E-state index contributed by atoms with van der Waals surface area (Å²) < 4.78 is 4.95. The zero-order valence-corrected chi connectivity index (χ0v) is 8.67. The summed E-state index contributed by atoms with van der Waals surface area (Å²) in [5.74, 6) is 0.847. The largest absolute Gasteiger partial charge is 0.361 e. The molecule has 5 heteroatoms. The second-order valence-electron chi connectivity index (χ2n) is 3.00. The summed E-state index contributed by atoms with van der Waals surface area (Å²) >= 11 is 1.65. The Labute approximate surface area is 86.0 Å². The first-order valence-corrected chi connectivity index (χ1v) is 5.23. The fourth-order valence-electron chi connectivity index (χ4n) is 1.14. The third-order valence-electron chi connectivity index (χ3n) is 1.77. The van der Waals surface area contributed by atoms with Crippen molar-refractivity contribution in [3.8, 4) is 0 Å². The van der Waals surface area contributed by atoms with E-state index < -0.39 is 0 Å². The van der Waals surface area contributed by atoms with Crippen molar-refractivity contribution in [2.45, 2.75) is 20.0 Å². The first-order valence-electron chi connectivity index (χ1n) is 4.35. The molecule has 0 amide bonds. The molecule has 0 saturated carbocycles. The highest BCUT2D eigenvalue weighted by Gasteiger charge is 1.99. The Morgan fingerprint density at radius 3 is 3.07 bits per heavy atom. The molecule has 2 rings (SSSR count). The Bertz CT molecular complexity index is 382. The topological polar surface area (TPSA) is 51.0 Å². The third kappa shape index (κ3) is 2.40. The number of nitrogens with one attached hydrogen (secondary N) is 1. The molecule has 0 saturated heterocycles.